The van der Waals surface area contributed by atoms with E-state index in [1.807, 2.05) is 0 Å². The summed E-state index contributed by atoms with van der Waals surface area (Å²) in [6.07, 6.45) is 0.833. The fraction of sp³-hybridized carbons (Fsp3) is 0.750. The van der Waals surface area contributed by atoms with Crippen LogP contribution in [0, 0.1) is 0 Å². The predicted molar refractivity (Wildman–Crippen MR) is 42.7 cm³/mol. The molecule has 0 aromatic rings. The zero-order valence-electron chi connectivity index (χ0n) is 7.13. The molecule has 1 saturated heterocycles. The van der Waals surface area contributed by atoms with Gasteiger partial charge in [-0.2, -0.15) is 0 Å². The number of hydrogen-bond donors (Lipinski definition) is 1. The van der Waals surface area contributed by atoms with Crippen LogP contribution in [0.5, 0.6) is 0 Å². The molecular weight excluding hydrogens is 158 g/mol. The molecule has 0 aliphatic carbocycles. The summed E-state index contributed by atoms with van der Waals surface area (Å²) >= 11 is 0. The maximum Gasteiger partial charge on any atom is 0.227 e. The zero-order valence-corrected chi connectivity index (χ0v) is 7.13. The van der Waals surface area contributed by atoms with Crippen molar-refractivity contribution in [2.24, 2.45) is 0 Å². The lowest BCUT2D eigenvalue weighted by atomic mass is 10.2. The lowest BCUT2D eigenvalue weighted by Gasteiger charge is -2.08. The van der Waals surface area contributed by atoms with Crippen molar-refractivity contribution in [3.63, 3.8) is 0 Å². The summed E-state index contributed by atoms with van der Waals surface area (Å²) in [5.74, 6) is -0.301. The van der Waals surface area contributed by atoms with Gasteiger partial charge in [-0.3, -0.25) is 9.59 Å². The highest BCUT2D eigenvalue weighted by Crippen LogP contribution is 2.03. The van der Waals surface area contributed by atoms with Gasteiger partial charge in [-0.25, -0.2) is 0 Å². The number of nitrogens with one attached hydrogen (secondary N) is 1. The van der Waals surface area contributed by atoms with Crippen molar-refractivity contribution in [3.05, 3.63) is 0 Å². The number of Topliss-reactive ketones (excluding diaryl/α,β-unsaturated/α-hetero) is 1. The summed E-state index contributed by atoms with van der Waals surface area (Å²) in [5, 5.41) is 2.73. The monoisotopic (exact) mass is 171 g/mol. The van der Waals surface area contributed by atoms with Crippen molar-refractivity contribution in [1.29, 1.82) is 0 Å². The molecule has 0 spiro atoms. The molecule has 1 heterocycles. The van der Waals surface area contributed by atoms with Crippen LogP contribution in [0.15, 0.2) is 0 Å². The van der Waals surface area contributed by atoms with Gasteiger partial charge in [0.15, 0.2) is 0 Å². The molecule has 68 valence electrons. The van der Waals surface area contributed by atoms with Crippen molar-refractivity contribution >= 4 is 11.7 Å². The van der Waals surface area contributed by atoms with Gasteiger partial charge in [-0.1, -0.05) is 0 Å². The molecule has 1 atom stereocenters. The topological polar surface area (TPSA) is 55.4 Å². The van der Waals surface area contributed by atoms with Crippen LogP contribution >= 0.6 is 0 Å². The first-order valence-electron chi connectivity index (χ1n) is 4.05. The molecule has 0 bridgehead atoms. The highest BCUT2D eigenvalue weighted by atomic mass is 16.5. The molecule has 1 amide bonds. The molecule has 1 rings (SSSR count). The lowest BCUT2D eigenvalue weighted by molar-refractivity contribution is -0.127. The summed E-state index contributed by atoms with van der Waals surface area (Å²) in [7, 11) is 0. The maximum atomic E-state index is 11.0. The summed E-state index contributed by atoms with van der Waals surface area (Å²) in [6.45, 7) is 2.68. The van der Waals surface area contributed by atoms with E-state index in [0.717, 1.165) is 6.42 Å². The summed E-state index contributed by atoms with van der Waals surface area (Å²) in [6, 6.07) is 0.108. The van der Waals surface area contributed by atoms with E-state index >= 15 is 0 Å². The van der Waals surface area contributed by atoms with Gasteiger partial charge in [0, 0.05) is 6.61 Å². The molecule has 0 aromatic carbocycles. The Morgan fingerprint density at radius 3 is 2.83 bits per heavy atom. The number of carbonyl (C=O) groups is 2. The minimum Gasteiger partial charge on any atom is -0.379 e. The summed E-state index contributed by atoms with van der Waals surface area (Å²) in [5.41, 5.74) is 0. The Kier molecular flexibility index (Phi) is 3.22. The van der Waals surface area contributed by atoms with E-state index in [2.05, 4.69) is 5.32 Å². The van der Waals surface area contributed by atoms with Crippen LogP contribution < -0.4 is 5.32 Å². The number of carbonyl (C=O) groups excluding carboxylic acids is 2. The van der Waals surface area contributed by atoms with Crippen LogP contribution in [-0.4, -0.2) is 30.9 Å². The van der Waals surface area contributed by atoms with Crippen molar-refractivity contribution < 1.29 is 14.3 Å². The average Bonchev–Trinajstić information content (AvgIpc) is 2.37. The van der Waals surface area contributed by atoms with Gasteiger partial charge >= 0.3 is 0 Å². The van der Waals surface area contributed by atoms with Crippen LogP contribution in [0.4, 0.5) is 0 Å². The molecule has 4 nitrogen and oxygen atoms in total. The Bertz CT molecular complexity index is 185. The van der Waals surface area contributed by atoms with Crippen LogP contribution in [-0.2, 0) is 14.3 Å². The molecule has 12 heavy (non-hydrogen) atoms. The van der Waals surface area contributed by atoms with Gasteiger partial charge in [0.05, 0.1) is 19.1 Å². The van der Waals surface area contributed by atoms with Crippen LogP contribution in [0.3, 0.4) is 0 Å². The van der Waals surface area contributed by atoms with E-state index in [4.69, 9.17) is 4.74 Å². The number of amides is 1. The average molecular weight is 171 g/mol. The van der Waals surface area contributed by atoms with Gasteiger partial charge in [0.1, 0.15) is 5.78 Å². The number of hydrogen-bond acceptors (Lipinski definition) is 3. The molecule has 1 unspecified atom stereocenters. The van der Waals surface area contributed by atoms with Gasteiger partial charge in [0.25, 0.3) is 0 Å². The van der Waals surface area contributed by atoms with Crippen molar-refractivity contribution in [2.75, 3.05) is 13.2 Å². The Labute approximate surface area is 71.3 Å². The van der Waals surface area contributed by atoms with Crippen molar-refractivity contribution in [2.45, 2.75) is 25.8 Å². The van der Waals surface area contributed by atoms with E-state index in [1.165, 1.54) is 6.92 Å². The Balaban J connectivity index is 2.20. The first-order chi connectivity index (χ1) is 5.68. The molecule has 1 fully saturated rings. The van der Waals surface area contributed by atoms with Gasteiger partial charge < -0.3 is 10.1 Å². The highest BCUT2D eigenvalue weighted by molar-refractivity contribution is 5.96. The first-order valence-corrected chi connectivity index (χ1v) is 4.05. The summed E-state index contributed by atoms with van der Waals surface area (Å²) in [4.78, 5) is 21.6. The van der Waals surface area contributed by atoms with Gasteiger partial charge in [-0.15, -0.1) is 0 Å². The van der Waals surface area contributed by atoms with Crippen LogP contribution in [0.25, 0.3) is 0 Å². The first kappa shape index (κ1) is 9.19. The second-order valence-corrected chi connectivity index (χ2v) is 3.01. The van der Waals surface area contributed by atoms with E-state index in [9.17, 15) is 9.59 Å². The van der Waals surface area contributed by atoms with Crippen LogP contribution in [0.2, 0.25) is 0 Å². The lowest BCUT2D eigenvalue weighted by Crippen LogP contribution is -2.35. The van der Waals surface area contributed by atoms with Crippen molar-refractivity contribution in [1.82, 2.24) is 5.32 Å². The number of ether oxygens (including phenoxy) is 1. The largest absolute Gasteiger partial charge is 0.379 e. The van der Waals surface area contributed by atoms with Crippen LogP contribution in [0.1, 0.15) is 19.8 Å². The molecular formula is C8H13NO3. The zero-order chi connectivity index (χ0) is 8.97. The molecule has 1 aliphatic heterocycles. The molecule has 1 aliphatic rings. The third-order valence-corrected chi connectivity index (χ3v) is 1.70. The molecule has 4 heteroatoms. The molecule has 0 aromatic heterocycles. The van der Waals surface area contributed by atoms with E-state index in [1.54, 1.807) is 0 Å². The molecule has 0 radical (unpaired) electrons. The predicted octanol–water partition coefficient (Wildman–Crippen LogP) is -0.129. The fourth-order valence-electron chi connectivity index (χ4n) is 1.15. The van der Waals surface area contributed by atoms with Gasteiger partial charge in [0.2, 0.25) is 5.91 Å². The SMILES string of the molecule is CC(=O)CC(=O)NC1CCOC1. The number of rotatable bonds is 3. The Morgan fingerprint density at radius 2 is 2.33 bits per heavy atom. The second-order valence-electron chi connectivity index (χ2n) is 3.01. The maximum absolute atomic E-state index is 11.0. The fourth-order valence-corrected chi connectivity index (χ4v) is 1.15. The second kappa shape index (κ2) is 4.21. The smallest absolute Gasteiger partial charge is 0.227 e. The molecule has 1 N–H and O–H groups in total. The Morgan fingerprint density at radius 1 is 1.58 bits per heavy atom. The van der Waals surface area contributed by atoms with E-state index in [0.29, 0.717) is 13.2 Å². The highest BCUT2D eigenvalue weighted by Gasteiger charge is 2.17. The normalized spacial score (nSPS) is 22.2. The number of ketones is 1. The molecule has 0 saturated carbocycles. The van der Waals surface area contributed by atoms with Crippen molar-refractivity contribution in [3.8, 4) is 0 Å². The minimum absolute atomic E-state index is 0.0174. The minimum atomic E-state index is -0.196. The standard InChI is InChI=1S/C8H13NO3/c1-6(10)4-8(11)9-7-2-3-12-5-7/h7H,2-5H2,1H3,(H,9,11). The third-order valence-electron chi connectivity index (χ3n) is 1.70. The quantitative estimate of drug-likeness (QED) is 0.602. The van der Waals surface area contributed by atoms with E-state index in [-0.39, 0.29) is 24.2 Å². The Hall–Kier alpha value is -0.900. The third kappa shape index (κ3) is 3.00. The summed E-state index contributed by atoms with van der Waals surface area (Å²) < 4.78 is 5.06. The van der Waals surface area contributed by atoms with Gasteiger partial charge in [-0.05, 0) is 13.3 Å². The van der Waals surface area contributed by atoms with E-state index < -0.39 is 0 Å².